The van der Waals surface area contributed by atoms with Gasteiger partial charge in [-0.2, -0.15) is 9.67 Å². The number of rotatable bonds is 13. The number of carbonyl (C=O) groups excluding carboxylic acids is 1. The number of hydrogen-bond acceptors (Lipinski definition) is 15. The topological polar surface area (TPSA) is 213 Å². The third-order valence-electron chi connectivity index (χ3n) is 5.91. The molecule has 3 N–H and O–H groups in total. The summed E-state index contributed by atoms with van der Waals surface area (Å²) in [5.41, 5.74) is 5.42. The smallest absolute Gasteiger partial charge is 0.387 e. The number of pyridine rings is 1. The largest absolute Gasteiger partial charge is 0.466 e. The summed E-state index contributed by atoms with van der Waals surface area (Å²) in [6.07, 6.45) is -4.82. The Hall–Kier alpha value is -2.41. The third-order valence-corrected chi connectivity index (χ3v) is 8.40. The van der Waals surface area contributed by atoms with Crippen LogP contribution in [-0.4, -0.2) is 77.6 Å². The molecule has 17 nitrogen and oxygen atoms in total. The molecule has 6 atom stereocenters. The number of nitrogens with one attached hydrogen (secondary N) is 1. The SMILES string of the molecule is Nc1nc2c(nnn2[C@@H]2O[C@H](COPS)[C@@H](F)[C@H]2OP(=O)(S)OCc2nc3cc(Cl)cnc3n2CCOC=O)c(=O)[nH]1. The van der Waals surface area contributed by atoms with Crippen molar-refractivity contribution in [2.75, 3.05) is 18.9 Å². The van der Waals surface area contributed by atoms with Gasteiger partial charge in [0.2, 0.25) is 5.95 Å². The summed E-state index contributed by atoms with van der Waals surface area (Å²) in [6.45, 7) is -4.63. The average Bonchev–Trinajstić information content (AvgIpc) is 3.60. The van der Waals surface area contributed by atoms with Crippen molar-refractivity contribution in [1.29, 1.82) is 0 Å². The van der Waals surface area contributed by atoms with Crippen molar-refractivity contribution in [3.63, 3.8) is 0 Å². The number of ether oxygens (including phenoxy) is 2. The van der Waals surface area contributed by atoms with Gasteiger partial charge in [-0.25, -0.2) is 18.9 Å². The van der Waals surface area contributed by atoms with E-state index in [1.165, 1.54) is 6.20 Å². The van der Waals surface area contributed by atoms with Crippen molar-refractivity contribution in [1.82, 2.24) is 39.5 Å². The molecule has 4 aromatic heterocycles. The molecule has 0 bridgehead atoms. The molecule has 0 saturated carbocycles. The van der Waals surface area contributed by atoms with Crippen LogP contribution in [0.3, 0.4) is 0 Å². The molecule has 0 radical (unpaired) electrons. The summed E-state index contributed by atoms with van der Waals surface area (Å²) in [7, 11) is -0.269. The zero-order chi connectivity index (χ0) is 30.0. The monoisotopic (exact) mass is 683 g/mol. The number of halogens is 2. The Kier molecular flexibility index (Phi) is 9.66. The lowest BCUT2D eigenvalue weighted by Gasteiger charge is -2.23. The standard InChI is InChI=1S/C19H21ClFN9O8P2S2/c20-8-3-9-15(23-4-8)29(1-2-34-7-31)11(24-9)6-36-40(33,42)38-14-12(21)10(5-35-39-41)37-18(14)30-16-13(27-28-30)17(32)26-19(22)25-16/h3-4,7,10,12,14,18,39,41H,1-2,5-6H2,(H,33,42)(H3,22,25,26,32)/t10-,12-,14-,18-,40?/m1/s1. The van der Waals surface area contributed by atoms with Crippen LogP contribution >= 0.6 is 50.9 Å². The van der Waals surface area contributed by atoms with E-state index >= 15 is 4.39 Å². The highest BCUT2D eigenvalue weighted by atomic mass is 35.5. The van der Waals surface area contributed by atoms with Gasteiger partial charge >= 0.3 is 6.80 Å². The van der Waals surface area contributed by atoms with Gasteiger partial charge in [-0.15, -0.1) is 17.3 Å². The van der Waals surface area contributed by atoms with Crippen LogP contribution < -0.4 is 11.3 Å². The number of alkyl halides is 1. The highest BCUT2D eigenvalue weighted by Gasteiger charge is 2.51. The molecule has 0 spiro atoms. The molecule has 1 fully saturated rings. The second-order valence-corrected chi connectivity index (χ2v) is 12.9. The summed E-state index contributed by atoms with van der Waals surface area (Å²) in [5.74, 6) is -0.0368. The van der Waals surface area contributed by atoms with Gasteiger partial charge in [-0.1, -0.05) is 29.1 Å². The highest BCUT2D eigenvalue weighted by Crippen LogP contribution is 2.57. The molecule has 5 heterocycles. The lowest BCUT2D eigenvalue weighted by atomic mass is 10.1. The molecular formula is C19H21ClFN9O8P2S2. The molecule has 0 amide bonds. The first kappa shape index (κ1) is 31.0. The van der Waals surface area contributed by atoms with E-state index in [4.69, 9.17) is 40.4 Å². The fraction of sp³-hybridized carbons (Fsp3) is 0.421. The summed E-state index contributed by atoms with van der Waals surface area (Å²) in [6, 6.07) is 1.55. The predicted molar refractivity (Wildman–Crippen MR) is 153 cm³/mol. The number of nitrogens with zero attached hydrogens (tertiary/aromatic N) is 7. The Bertz CT molecular complexity index is 1710. The maximum Gasteiger partial charge on any atom is 0.387 e. The number of H-pyrrole nitrogens is 1. The molecule has 0 aliphatic carbocycles. The van der Waals surface area contributed by atoms with Crippen molar-refractivity contribution in [3.8, 4) is 0 Å². The van der Waals surface area contributed by atoms with E-state index in [9.17, 15) is 14.2 Å². The molecule has 1 saturated heterocycles. The van der Waals surface area contributed by atoms with Crippen LogP contribution in [0.1, 0.15) is 12.1 Å². The maximum absolute atomic E-state index is 15.7. The van der Waals surface area contributed by atoms with Crippen LogP contribution in [0.5, 0.6) is 0 Å². The van der Waals surface area contributed by atoms with E-state index in [0.29, 0.717) is 16.2 Å². The van der Waals surface area contributed by atoms with Crippen molar-refractivity contribution in [3.05, 3.63) is 33.5 Å². The van der Waals surface area contributed by atoms with Gasteiger partial charge in [0.05, 0.1) is 26.2 Å². The molecular weight excluding hydrogens is 663 g/mol. The van der Waals surface area contributed by atoms with Crippen molar-refractivity contribution in [2.45, 2.75) is 37.8 Å². The lowest BCUT2D eigenvalue weighted by Crippen LogP contribution is -2.32. The van der Waals surface area contributed by atoms with Crippen LogP contribution in [0.15, 0.2) is 17.1 Å². The summed E-state index contributed by atoms with van der Waals surface area (Å²) < 4.78 is 58.4. The summed E-state index contributed by atoms with van der Waals surface area (Å²) in [5, 5.41) is 7.95. The molecule has 226 valence electrons. The van der Waals surface area contributed by atoms with Gasteiger partial charge < -0.3 is 24.3 Å². The molecule has 42 heavy (non-hydrogen) atoms. The van der Waals surface area contributed by atoms with Crippen LogP contribution in [0, 0.1) is 0 Å². The van der Waals surface area contributed by atoms with E-state index in [2.05, 4.69) is 54.7 Å². The second-order valence-electron chi connectivity index (χ2n) is 8.52. The van der Waals surface area contributed by atoms with Crippen molar-refractivity contribution >= 4 is 85.7 Å². The number of carbonyl (C=O) groups is 1. The Labute approximate surface area is 251 Å². The average molecular weight is 684 g/mol. The molecule has 4 aromatic rings. The van der Waals surface area contributed by atoms with E-state index in [1.807, 2.05) is 0 Å². The zero-order valence-electron chi connectivity index (χ0n) is 20.9. The molecule has 1 aliphatic rings. The first-order valence-corrected chi connectivity index (χ1v) is 17.0. The normalized spacial score (nSPS) is 22.4. The fourth-order valence-electron chi connectivity index (χ4n) is 4.18. The minimum absolute atomic E-state index is 0.0184. The number of aromatic amines is 1. The van der Waals surface area contributed by atoms with E-state index in [-0.39, 0.29) is 57.2 Å². The number of anilines is 1. The van der Waals surface area contributed by atoms with Gasteiger partial charge in [0.15, 0.2) is 29.2 Å². The quantitative estimate of drug-likeness (QED) is 0.0687. The number of nitrogen functional groups attached to an aromatic ring is 1. The Morgan fingerprint density at radius 1 is 1.36 bits per heavy atom. The van der Waals surface area contributed by atoms with Gasteiger partial charge in [0.1, 0.15) is 36.8 Å². The molecule has 2 unspecified atom stereocenters. The van der Waals surface area contributed by atoms with Crippen LogP contribution in [0.25, 0.3) is 22.3 Å². The molecule has 1 aliphatic heterocycles. The Morgan fingerprint density at radius 3 is 2.93 bits per heavy atom. The number of thiol groups is 2. The summed E-state index contributed by atoms with van der Waals surface area (Å²) >= 11 is 14.0. The van der Waals surface area contributed by atoms with Crippen molar-refractivity contribution < 1.29 is 36.8 Å². The first-order chi connectivity index (χ1) is 20.1. The number of imidazole rings is 1. The first-order valence-electron chi connectivity index (χ1n) is 11.7. The van der Waals surface area contributed by atoms with Crippen LogP contribution in [0.2, 0.25) is 5.02 Å². The molecule has 0 aromatic carbocycles. The van der Waals surface area contributed by atoms with Gasteiger partial charge in [0, 0.05) is 6.20 Å². The van der Waals surface area contributed by atoms with Crippen LogP contribution in [0.4, 0.5) is 10.3 Å². The van der Waals surface area contributed by atoms with Crippen molar-refractivity contribution in [2.24, 2.45) is 0 Å². The number of hydrogen-bond donors (Lipinski definition) is 4. The number of fused-ring (bicyclic) bond motifs is 2. The van der Waals surface area contributed by atoms with Gasteiger partial charge in [-0.3, -0.25) is 23.6 Å². The minimum atomic E-state index is -4.36. The third kappa shape index (κ3) is 6.56. The van der Waals surface area contributed by atoms with E-state index in [0.717, 1.165) is 4.68 Å². The zero-order valence-corrected chi connectivity index (χ0v) is 25.4. The predicted octanol–water partition coefficient (Wildman–Crippen LogP) is 2.00. The van der Waals surface area contributed by atoms with E-state index in [1.54, 1.807) is 10.6 Å². The second kappa shape index (κ2) is 13.1. The summed E-state index contributed by atoms with van der Waals surface area (Å²) in [4.78, 5) is 37.8. The Morgan fingerprint density at radius 2 is 2.17 bits per heavy atom. The molecule has 23 heteroatoms. The van der Waals surface area contributed by atoms with Gasteiger partial charge in [0.25, 0.3) is 12.0 Å². The number of nitrogens with two attached hydrogens (primary N) is 1. The number of aromatic nitrogens is 8. The minimum Gasteiger partial charge on any atom is -0.466 e. The molecule has 5 rings (SSSR count). The fourth-order valence-corrected chi connectivity index (χ4v) is 6.16. The maximum atomic E-state index is 15.7. The lowest BCUT2D eigenvalue weighted by molar-refractivity contribution is -0.128. The Balaban J connectivity index is 1.40. The van der Waals surface area contributed by atoms with Gasteiger partial charge in [-0.05, 0) is 6.07 Å². The van der Waals surface area contributed by atoms with Crippen LogP contribution in [-0.2, 0) is 45.6 Å². The van der Waals surface area contributed by atoms with E-state index < -0.39 is 43.6 Å². The highest BCUT2D eigenvalue weighted by molar-refractivity contribution is 8.44.